The van der Waals surface area contributed by atoms with Crippen molar-refractivity contribution in [2.24, 2.45) is 20.0 Å². The summed E-state index contributed by atoms with van der Waals surface area (Å²) in [5.74, 6) is 0.634. The van der Waals surface area contributed by atoms with Crippen LogP contribution in [0, 0.1) is 40.5 Å². The maximum absolute atomic E-state index is 13.7. The molecule has 0 aliphatic carbocycles. The van der Waals surface area contributed by atoms with Crippen LogP contribution in [0.15, 0.2) is 92.8 Å². The molecular formula is C80H88CuN12O16-4. The molecule has 5 aliphatic heterocycles. The molecule has 29 heteroatoms. The molecule has 579 valence electrons. The number of rotatable bonds is 36. The summed E-state index contributed by atoms with van der Waals surface area (Å²) >= 11 is 0. The van der Waals surface area contributed by atoms with Gasteiger partial charge in [0.05, 0.1) is 72.5 Å². The number of nitro groups is 4. The number of non-ortho nitro benzene ring substituents is 4. The third-order valence-corrected chi connectivity index (χ3v) is 19.6. The van der Waals surface area contributed by atoms with Crippen LogP contribution >= 0.6 is 0 Å². The average molecular weight is 1540 g/mol. The predicted octanol–water partition coefficient (Wildman–Crippen LogP) is 21.0. The van der Waals surface area contributed by atoms with Crippen LogP contribution in [0.3, 0.4) is 0 Å². The number of amidine groups is 4. The summed E-state index contributed by atoms with van der Waals surface area (Å²) in [4.78, 5) is 75.4. The van der Waals surface area contributed by atoms with Gasteiger partial charge in [0.15, 0.2) is 0 Å². The van der Waals surface area contributed by atoms with E-state index in [1.807, 2.05) is 55.4 Å². The van der Waals surface area contributed by atoms with Crippen LogP contribution in [0.25, 0.3) is 64.4 Å². The second-order valence-corrected chi connectivity index (χ2v) is 27.1. The van der Waals surface area contributed by atoms with E-state index in [1.54, 1.807) is 48.5 Å². The van der Waals surface area contributed by atoms with Crippen molar-refractivity contribution in [1.82, 2.24) is 0 Å². The quantitative estimate of drug-likeness (QED) is 0.0152. The molecule has 0 aromatic heterocycles. The van der Waals surface area contributed by atoms with E-state index in [2.05, 4.69) is 0 Å². The standard InChI is InChI=1S/C80H88N12O16.Cu/c1-9-17-37-101-65-45-29-25-33-49(89(93)94)53(45)69(105-41-21-13-5)61-57(65)73-81-77(61)86-74-59-63(71(107-43-23-15-7)55-47(67(59)103-39-19-11-3)31-27-35-51(55)91(97)98)79(83-74)88-76-60-64(72(108-44-24-16-8)56-48(68(60)104-40-20-12-4)32-28-36-52(56)92(99)100)80(84-76)87-75-58-62(78(82-75)85-73)70(106-42-22-14-6)54-46(66(58)102-38-18-10-2)30-26-34-50(54)90(95)96;/h25-36,73-76H,9-24,37-44H2,1-8H3;/q-4;. The van der Waals surface area contributed by atoms with Gasteiger partial charge in [0.2, 0.25) is 0 Å². The maximum Gasteiger partial charge on any atom is 0.281 e. The molecule has 8 aromatic carbocycles. The molecule has 0 saturated heterocycles. The number of unbranched alkanes of at least 4 members (excludes halogenated alkanes) is 8. The SMILES string of the molecule is CCCCOc1c2c(c(OCCCC)c3c([N+](=O)[O-])cccc13)/C1=N/C3[N-]/C(=N\C4[N-]/C(=N\C5[N-]/C(=N\C2[N-]1)c1c5c(OCCCC)c2cccc([N+](=O)[O-])c2c1OCCCC)c1c4c(OCCCC)c2cccc([N+](=O)[O-])c2c1OCCCC)c1c3c(OCCCC)c2cccc([N+](=O)[O-])c2c1OCCCC.[Cu]. The van der Waals surface area contributed by atoms with E-state index < -0.39 is 44.4 Å². The van der Waals surface area contributed by atoms with Gasteiger partial charge in [0.1, 0.15) is 67.5 Å². The molecule has 0 N–H and O–H groups in total. The first-order chi connectivity index (χ1) is 52.7. The number of hydrogen-bond acceptors (Lipinski definition) is 20. The zero-order valence-electron chi connectivity index (χ0n) is 62.4. The molecule has 4 atom stereocenters. The van der Waals surface area contributed by atoms with Crippen molar-refractivity contribution in [3.63, 3.8) is 0 Å². The minimum absolute atomic E-state index is 0. The number of hydrogen-bond donors (Lipinski definition) is 0. The van der Waals surface area contributed by atoms with Gasteiger partial charge in [0, 0.05) is 107 Å². The van der Waals surface area contributed by atoms with Gasteiger partial charge in [-0.05, 0) is 100 Å². The van der Waals surface area contributed by atoms with E-state index in [4.69, 9.17) is 79.1 Å². The molecule has 8 aromatic rings. The first-order valence-corrected chi connectivity index (χ1v) is 37.9. The molecular weight excluding hydrogens is 1450 g/mol. The molecule has 5 heterocycles. The van der Waals surface area contributed by atoms with Gasteiger partial charge >= 0.3 is 0 Å². The molecule has 1 radical (unpaired) electrons. The molecule has 0 spiro atoms. The number of fused-ring (bicyclic) bond motifs is 24. The third-order valence-electron chi connectivity index (χ3n) is 19.6. The molecule has 28 nitrogen and oxygen atoms in total. The second-order valence-electron chi connectivity index (χ2n) is 27.1. The van der Waals surface area contributed by atoms with Gasteiger partial charge in [-0.2, -0.15) is 0 Å². The van der Waals surface area contributed by atoms with Crippen molar-refractivity contribution < 1.29 is 74.7 Å². The van der Waals surface area contributed by atoms with E-state index in [-0.39, 0.29) is 228 Å². The fourth-order valence-electron chi connectivity index (χ4n) is 14.3. The molecule has 4 unspecified atom stereocenters. The Morgan fingerprint density at radius 3 is 0.633 bits per heavy atom. The molecule has 0 saturated carbocycles. The Morgan fingerprint density at radius 2 is 0.468 bits per heavy atom. The van der Waals surface area contributed by atoms with Gasteiger partial charge in [-0.25, -0.2) is 0 Å². The zero-order chi connectivity index (χ0) is 75.9. The Labute approximate surface area is 641 Å². The number of nitro benzene ring substituents is 4. The van der Waals surface area contributed by atoms with E-state index in [1.165, 1.54) is 24.3 Å². The van der Waals surface area contributed by atoms with Crippen molar-refractivity contribution in [2.75, 3.05) is 52.9 Å². The van der Waals surface area contributed by atoms with E-state index in [0.29, 0.717) is 124 Å². The fraction of sp³-hybridized carbons (Fsp3) is 0.450. The largest absolute Gasteiger partial charge is 0.493 e. The number of ether oxygens (including phenoxy) is 8. The average Bonchev–Trinajstić information content (AvgIpc) is 1.59. The van der Waals surface area contributed by atoms with Crippen molar-refractivity contribution in [3.8, 4) is 46.0 Å². The van der Waals surface area contributed by atoms with Gasteiger partial charge < -0.3 is 79.1 Å². The van der Waals surface area contributed by atoms with Crippen LogP contribution in [0.4, 0.5) is 22.7 Å². The van der Waals surface area contributed by atoms with Crippen LogP contribution in [-0.4, -0.2) is 95.9 Å². The first-order valence-electron chi connectivity index (χ1n) is 37.9. The summed E-state index contributed by atoms with van der Waals surface area (Å²) in [6.45, 7) is 16.9. The van der Waals surface area contributed by atoms with Crippen LogP contribution in [0.1, 0.15) is 227 Å². The number of benzene rings is 8. The molecule has 0 amide bonds. The minimum atomic E-state index is -1.45. The zero-order valence-corrected chi connectivity index (χ0v) is 63.3. The normalized spacial score (nSPS) is 18.1. The molecule has 109 heavy (non-hydrogen) atoms. The Kier molecular flexibility index (Phi) is 24.7. The Hall–Kier alpha value is -10.8. The Bertz CT molecular complexity index is 4380. The summed E-state index contributed by atoms with van der Waals surface area (Å²) in [7, 11) is 0. The summed E-state index contributed by atoms with van der Waals surface area (Å²) in [6, 6.07) is 18.8. The molecule has 5 aliphatic rings. The van der Waals surface area contributed by atoms with E-state index in [0.717, 1.165) is 0 Å². The van der Waals surface area contributed by atoms with Gasteiger partial charge in [0.25, 0.3) is 22.7 Å². The van der Waals surface area contributed by atoms with Crippen molar-refractivity contribution in [2.45, 2.75) is 183 Å². The fourth-order valence-corrected chi connectivity index (χ4v) is 14.3. The Balaban J connectivity index is 0.0000111. The molecule has 0 fully saturated rings. The summed E-state index contributed by atoms with van der Waals surface area (Å²) < 4.78 is 55.9. The van der Waals surface area contributed by atoms with Crippen molar-refractivity contribution >= 4 is 89.2 Å². The topological polar surface area (TPSA) is 352 Å². The number of aliphatic imine (C=N–C) groups is 4. The van der Waals surface area contributed by atoms with Gasteiger partial charge in [-0.1, -0.05) is 154 Å². The van der Waals surface area contributed by atoms with Crippen molar-refractivity contribution in [1.29, 1.82) is 0 Å². The summed E-state index contributed by atoms with van der Waals surface area (Å²) in [5.41, 5.74) is 0.589. The van der Waals surface area contributed by atoms with E-state index >= 15 is 0 Å². The maximum atomic E-state index is 13.7. The van der Waals surface area contributed by atoms with Crippen LogP contribution < -0.4 is 37.9 Å². The minimum Gasteiger partial charge on any atom is -0.493 e. The first kappa shape index (κ1) is 77.8. The smallest absolute Gasteiger partial charge is 0.281 e. The van der Waals surface area contributed by atoms with Gasteiger partial charge in [-0.3, -0.25) is 40.5 Å². The number of nitrogens with zero attached hydrogens (tertiary/aromatic N) is 12. The monoisotopic (exact) mass is 1540 g/mol. The van der Waals surface area contributed by atoms with Gasteiger partial charge in [-0.15, -0.1) is 0 Å². The summed E-state index contributed by atoms with van der Waals surface area (Å²) in [6.07, 6.45) is 3.99. The van der Waals surface area contributed by atoms with E-state index in [9.17, 15) is 40.5 Å². The second kappa shape index (κ2) is 34.6. The van der Waals surface area contributed by atoms with Crippen LogP contribution in [0.5, 0.6) is 46.0 Å². The molecule has 13 rings (SSSR count). The Morgan fingerprint density at radius 1 is 0.294 bits per heavy atom. The molecule has 8 bridgehead atoms. The predicted molar refractivity (Wildman–Crippen MR) is 416 cm³/mol. The third kappa shape index (κ3) is 14.7. The van der Waals surface area contributed by atoms with Crippen molar-refractivity contribution in [3.05, 3.63) is 179 Å². The van der Waals surface area contributed by atoms with Crippen LogP contribution in [-0.2, 0) is 17.1 Å². The van der Waals surface area contributed by atoms with Crippen LogP contribution in [0.2, 0.25) is 0 Å². The summed E-state index contributed by atoms with van der Waals surface area (Å²) in [5, 5.41) is 78.5.